The molecule has 0 spiro atoms. The van der Waals surface area contributed by atoms with Crippen LogP contribution in [-0.2, 0) is 22.0 Å². The molecule has 0 atom stereocenters. The van der Waals surface area contributed by atoms with E-state index in [4.69, 9.17) is 5.73 Å². The predicted octanol–water partition coefficient (Wildman–Crippen LogP) is 4.98. The summed E-state index contributed by atoms with van der Waals surface area (Å²) in [5.41, 5.74) is 6.61. The van der Waals surface area contributed by atoms with Gasteiger partial charge in [-0.05, 0) is 75.8 Å². The maximum atomic E-state index is 13.3. The highest BCUT2D eigenvalue weighted by atomic mass is 35.5. The molecule has 4 N–H and O–H groups in total. The number of halogens is 1. The standard InChI is InChI=1S/C27H40N4O4S2.ClH/c1-16(2)14-31(15-17(3)4)37(34,35)19-11-9-18(10-12-19)24(33)29-25-21(23(28)32)20-13-26(5,6)30-27(7,8)22(20)36-25;/h9-12,16-17,30H,13-15H2,1-8H3,(H2,28,32)(H,29,33);1H. The lowest BCUT2D eigenvalue weighted by atomic mass is 9.81. The minimum Gasteiger partial charge on any atom is -0.365 e. The first-order valence-corrected chi connectivity index (χ1v) is 14.9. The molecule has 212 valence electrons. The van der Waals surface area contributed by atoms with Gasteiger partial charge in [0.1, 0.15) is 5.00 Å². The number of primary amides is 1. The number of nitrogens with zero attached hydrogens (tertiary/aromatic N) is 1. The molecule has 2 amide bonds. The molecule has 11 heteroatoms. The second kappa shape index (κ2) is 11.6. The van der Waals surface area contributed by atoms with E-state index < -0.39 is 27.4 Å². The number of nitrogens with one attached hydrogen (secondary N) is 2. The number of nitrogens with two attached hydrogens (primary N) is 1. The second-order valence-electron chi connectivity index (χ2n) is 11.9. The maximum absolute atomic E-state index is 13.3. The molecule has 0 unspecified atom stereocenters. The molecular weight excluding hydrogens is 544 g/mol. The third kappa shape index (κ3) is 6.96. The van der Waals surface area contributed by atoms with Crippen LogP contribution in [0.3, 0.4) is 0 Å². The summed E-state index contributed by atoms with van der Waals surface area (Å²) < 4.78 is 28.1. The van der Waals surface area contributed by atoms with E-state index in [0.29, 0.717) is 30.1 Å². The van der Waals surface area contributed by atoms with Crippen molar-refractivity contribution < 1.29 is 18.0 Å². The first-order valence-electron chi connectivity index (χ1n) is 12.6. The molecule has 0 radical (unpaired) electrons. The number of sulfonamides is 1. The Morgan fingerprint density at radius 2 is 1.58 bits per heavy atom. The van der Waals surface area contributed by atoms with Crippen molar-refractivity contribution in [1.82, 2.24) is 9.62 Å². The summed E-state index contributed by atoms with van der Waals surface area (Å²) in [7, 11) is -3.70. The summed E-state index contributed by atoms with van der Waals surface area (Å²) in [6.45, 7) is 17.0. The van der Waals surface area contributed by atoms with Crippen molar-refractivity contribution in [2.75, 3.05) is 18.4 Å². The third-order valence-corrected chi connectivity index (χ3v) is 9.53. The molecular formula is C27H41ClN4O4S2. The quantitative estimate of drug-likeness (QED) is 0.383. The van der Waals surface area contributed by atoms with Gasteiger partial charge in [0.25, 0.3) is 11.8 Å². The third-order valence-electron chi connectivity index (χ3n) is 6.21. The average Bonchev–Trinajstić information content (AvgIpc) is 3.09. The number of fused-ring (bicyclic) bond motifs is 1. The Bertz CT molecular complexity index is 1270. The summed E-state index contributed by atoms with van der Waals surface area (Å²) in [4.78, 5) is 26.7. The van der Waals surface area contributed by atoms with Gasteiger partial charge in [-0.1, -0.05) is 27.7 Å². The highest BCUT2D eigenvalue weighted by molar-refractivity contribution is 7.89. The zero-order chi connectivity index (χ0) is 27.9. The Morgan fingerprint density at radius 1 is 1.05 bits per heavy atom. The lowest BCUT2D eigenvalue weighted by molar-refractivity contribution is 0.0999. The fourth-order valence-corrected chi connectivity index (χ4v) is 8.11. The Morgan fingerprint density at radius 3 is 2.05 bits per heavy atom. The predicted molar refractivity (Wildman–Crippen MR) is 157 cm³/mol. The van der Waals surface area contributed by atoms with Gasteiger partial charge in [-0.15, -0.1) is 23.7 Å². The van der Waals surface area contributed by atoms with Crippen LogP contribution < -0.4 is 16.4 Å². The summed E-state index contributed by atoms with van der Waals surface area (Å²) >= 11 is 1.35. The molecule has 2 aromatic rings. The average molecular weight is 585 g/mol. The Kier molecular flexibility index (Phi) is 9.87. The zero-order valence-corrected chi connectivity index (χ0v) is 25.9. The van der Waals surface area contributed by atoms with Crippen LogP contribution in [0.2, 0.25) is 0 Å². The van der Waals surface area contributed by atoms with E-state index in [9.17, 15) is 18.0 Å². The van der Waals surface area contributed by atoms with E-state index in [1.807, 2.05) is 41.5 Å². The van der Waals surface area contributed by atoms with Crippen molar-refractivity contribution in [1.29, 1.82) is 0 Å². The van der Waals surface area contributed by atoms with Gasteiger partial charge in [-0.25, -0.2) is 8.42 Å². The summed E-state index contributed by atoms with van der Waals surface area (Å²) in [6.07, 6.45) is 0.603. The summed E-state index contributed by atoms with van der Waals surface area (Å²) in [5, 5.41) is 6.85. The van der Waals surface area contributed by atoms with Crippen LogP contribution in [0, 0.1) is 11.8 Å². The van der Waals surface area contributed by atoms with Gasteiger partial charge in [0.2, 0.25) is 10.0 Å². The largest absolute Gasteiger partial charge is 0.365 e. The minimum absolute atomic E-state index is 0. The molecule has 38 heavy (non-hydrogen) atoms. The monoisotopic (exact) mass is 584 g/mol. The number of carbonyl (C=O) groups excluding carboxylic acids is 2. The van der Waals surface area contributed by atoms with Crippen molar-refractivity contribution in [3.8, 4) is 0 Å². The molecule has 3 rings (SSSR count). The molecule has 0 aliphatic carbocycles. The number of thiophene rings is 1. The number of rotatable bonds is 9. The van der Waals surface area contributed by atoms with Crippen molar-refractivity contribution in [2.24, 2.45) is 17.6 Å². The summed E-state index contributed by atoms with van der Waals surface area (Å²) in [5.74, 6) is -0.657. The maximum Gasteiger partial charge on any atom is 0.256 e. The molecule has 0 bridgehead atoms. The van der Waals surface area contributed by atoms with Crippen LogP contribution in [0.4, 0.5) is 5.00 Å². The van der Waals surface area contributed by atoms with Crippen molar-refractivity contribution >= 4 is 50.6 Å². The smallest absolute Gasteiger partial charge is 0.256 e. The number of hydrogen-bond donors (Lipinski definition) is 3. The molecule has 1 aliphatic heterocycles. The van der Waals surface area contributed by atoms with Gasteiger partial charge in [0.05, 0.1) is 10.5 Å². The SMILES string of the molecule is CC(C)CN(CC(C)C)S(=O)(=O)c1ccc(C(=O)Nc2sc3c(c2C(N)=O)CC(C)(C)NC3(C)C)cc1.Cl. The molecule has 1 aliphatic rings. The van der Waals surface area contributed by atoms with E-state index in [-0.39, 0.29) is 40.2 Å². The normalized spacial score (nSPS) is 16.3. The van der Waals surface area contributed by atoms with E-state index in [2.05, 4.69) is 24.5 Å². The van der Waals surface area contributed by atoms with Gasteiger partial charge in [-0.3, -0.25) is 9.59 Å². The van der Waals surface area contributed by atoms with Crippen LogP contribution in [0.1, 0.15) is 86.5 Å². The molecule has 1 aromatic heterocycles. The highest BCUT2D eigenvalue weighted by Gasteiger charge is 2.41. The van der Waals surface area contributed by atoms with Crippen LogP contribution >= 0.6 is 23.7 Å². The zero-order valence-electron chi connectivity index (χ0n) is 23.5. The Balaban J connectivity index is 0.00000507. The van der Waals surface area contributed by atoms with Crippen molar-refractivity contribution in [2.45, 2.75) is 77.8 Å². The van der Waals surface area contributed by atoms with Gasteiger partial charge >= 0.3 is 0 Å². The van der Waals surface area contributed by atoms with Crippen molar-refractivity contribution in [3.63, 3.8) is 0 Å². The number of carbonyl (C=O) groups is 2. The van der Waals surface area contributed by atoms with Crippen LogP contribution in [-0.4, -0.2) is 43.2 Å². The van der Waals surface area contributed by atoms with Crippen LogP contribution in [0.5, 0.6) is 0 Å². The lowest BCUT2D eigenvalue weighted by Crippen LogP contribution is -2.55. The lowest BCUT2D eigenvalue weighted by Gasteiger charge is -2.42. The molecule has 0 saturated heterocycles. The Hall–Kier alpha value is -1.98. The van der Waals surface area contributed by atoms with Crippen LogP contribution in [0.25, 0.3) is 0 Å². The fraction of sp³-hybridized carbons (Fsp3) is 0.556. The minimum atomic E-state index is -3.70. The van der Waals surface area contributed by atoms with Crippen LogP contribution in [0.15, 0.2) is 29.2 Å². The van der Waals surface area contributed by atoms with E-state index in [0.717, 1.165) is 10.4 Å². The number of benzene rings is 1. The molecule has 8 nitrogen and oxygen atoms in total. The number of amides is 2. The van der Waals surface area contributed by atoms with Gasteiger partial charge in [-0.2, -0.15) is 4.31 Å². The van der Waals surface area contributed by atoms with E-state index >= 15 is 0 Å². The Labute approximate surface area is 237 Å². The molecule has 0 saturated carbocycles. The topological polar surface area (TPSA) is 122 Å². The van der Waals surface area contributed by atoms with Gasteiger partial charge < -0.3 is 16.4 Å². The first-order chi connectivity index (χ1) is 16.9. The molecule has 0 fully saturated rings. The van der Waals surface area contributed by atoms with E-state index in [1.165, 1.54) is 39.9 Å². The van der Waals surface area contributed by atoms with Crippen molar-refractivity contribution in [3.05, 3.63) is 45.8 Å². The molecule has 1 aromatic carbocycles. The van der Waals surface area contributed by atoms with Gasteiger partial charge in [0, 0.05) is 34.6 Å². The van der Waals surface area contributed by atoms with Gasteiger partial charge in [0.15, 0.2) is 0 Å². The van der Waals surface area contributed by atoms with E-state index in [1.54, 1.807) is 0 Å². The second-order valence-corrected chi connectivity index (χ2v) is 14.8. The summed E-state index contributed by atoms with van der Waals surface area (Å²) in [6, 6.07) is 5.91. The first kappa shape index (κ1) is 32.2. The highest BCUT2D eigenvalue weighted by Crippen LogP contribution is 2.45. The number of hydrogen-bond acceptors (Lipinski definition) is 6. The molecule has 2 heterocycles. The number of anilines is 1. The fourth-order valence-electron chi connectivity index (χ4n) is 5.06.